The molecule has 0 fully saturated rings. The highest BCUT2D eigenvalue weighted by molar-refractivity contribution is 5.10. The first-order chi connectivity index (χ1) is 9.04. The molecule has 0 aliphatic rings. The van der Waals surface area contributed by atoms with Crippen LogP contribution in [0.25, 0.3) is 0 Å². The molecule has 0 unspecified atom stereocenters. The Morgan fingerprint density at radius 1 is 1.16 bits per heavy atom. The lowest BCUT2D eigenvalue weighted by atomic mass is 10.1. The van der Waals surface area contributed by atoms with Crippen LogP contribution in [-0.4, -0.2) is 20.1 Å². The summed E-state index contributed by atoms with van der Waals surface area (Å²) >= 11 is 0. The van der Waals surface area contributed by atoms with E-state index in [1.165, 1.54) is 11.3 Å². The third-order valence-corrected chi connectivity index (χ3v) is 2.99. The van der Waals surface area contributed by atoms with Gasteiger partial charge in [-0.15, -0.1) is 0 Å². The minimum atomic E-state index is 0.125. The third kappa shape index (κ3) is 4.48. The number of nitrogens with one attached hydrogen (secondary N) is 1. The van der Waals surface area contributed by atoms with Gasteiger partial charge in [0.1, 0.15) is 0 Å². The summed E-state index contributed by atoms with van der Waals surface area (Å²) in [6.45, 7) is 8.31. The number of aryl methyl sites for hydroxylation is 2. The molecule has 2 aromatic rings. The largest absolute Gasteiger partial charge is 0.333 e. The van der Waals surface area contributed by atoms with Gasteiger partial charge in [0.15, 0.2) is 0 Å². The minimum Gasteiger partial charge on any atom is -0.333 e. The SMILES string of the molecule is CC(C)(C)NCc1cncn1CCc1ccncc1. The fourth-order valence-electron chi connectivity index (χ4n) is 1.85. The van der Waals surface area contributed by atoms with Crippen LogP contribution >= 0.6 is 0 Å². The van der Waals surface area contributed by atoms with Crippen LogP contribution in [0.1, 0.15) is 32.0 Å². The van der Waals surface area contributed by atoms with Crippen molar-refractivity contribution in [3.8, 4) is 0 Å². The fourth-order valence-corrected chi connectivity index (χ4v) is 1.85. The van der Waals surface area contributed by atoms with E-state index in [2.05, 4.69) is 52.8 Å². The molecule has 0 aliphatic carbocycles. The van der Waals surface area contributed by atoms with E-state index in [4.69, 9.17) is 0 Å². The smallest absolute Gasteiger partial charge is 0.0948 e. The lowest BCUT2D eigenvalue weighted by Gasteiger charge is -2.21. The Labute approximate surface area is 114 Å². The van der Waals surface area contributed by atoms with Crippen LogP contribution in [0, 0.1) is 0 Å². The maximum absolute atomic E-state index is 4.25. The van der Waals surface area contributed by atoms with Crippen LogP contribution in [0.2, 0.25) is 0 Å². The van der Waals surface area contributed by atoms with E-state index >= 15 is 0 Å². The molecule has 0 amide bonds. The van der Waals surface area contributed by atoms with Crippen molar-refractivity contribution < 1.29 is 0 Å². The lowest BCUT2D eigenvalue weighted by molar-refractivity contribution is 0.415. The van der Waals surface area contributed by atoms with Gasteiger partial charge in [0.05, 0.1) is 12.0 Å². The van der Waals surface area contributed by atoms with E-state index < -0.39 is 0 Å². The zero-order valence-corrected chi connectivity index (χ0v) is 11.9. The third-order valence-electron chi connectivity index (χ3n) is 2.99. The summed E-state index contributed by atoms with van der Waals surface area (Å²) in [4.78, 5) is 8.28. The summed E-state index contributed by atoms with van der Waals surface area (Å²) < 4.78 is 2.21. The van der Waals surface area contributed by atoms with Gasteiger partial charge in [0.25, 0.3) is 0 Å². The van der Waals surface area contributed by atoms with Gasteiger partial charge in [-0.3, -0.25) is 4.98 Å². The molecule has 0 saturated carbocycles. The zero-order chi connectivity index (χ0) is 13.7. The molecular formula is C15H22N4. The molecule has 2 heterocycles. The lowest BCUT2D eigenvalue weighted by Crippen LogP contribution is -2.35. The molecule has 0 aromatic carbocycles. The average Bonchev–Trinajstić information content (AvgIpc) is 2.82. The number of imidazole rings is 1. The molecule has 0 bridgehead atoms. The Bertz CT molecular complexity index is 496. The molecule has 0 saturated heterocycles. The van der Waals surface area contributed by atoms with Crippen molar-refractivity contribution in [1.29, 1.82) is 0 Å². The first-order valence-corrected chi connectivity index (χ1v) is 6.67. The van der Waals surface area contributed by atoms with Crippen molar-refractivity contribution >= 4 is 0 Å². The van der Waals surface area contributed by atoms with Crippen LogP contribution in [0.4, 0.5) is 0 Å². The Balaban J connectivity index is 1.92. The van der Waals surface area contributed by atoms with Crippen LogP contribution in [0.3, 0.4) is 0 Å². The average molecular weight is 258 g/mol. The standard InChI is InChI=1S/C15H22N4/c1-15(2,3)18-11-14-10-17-12-19(14)9-6-13-4-7-16-8-5-13/h4-5,7-8,10,12,18H,6,9,11H2,1-3H3. The topological polar surface area (TPSA) is 42.7 Å². The molecule has 1 N–H and O–H groups in total. The molecule has 0 radical (unpaired) electrons. The normalized spacial score (nSPS) is 11.7. The maximum atomic E-state index is 4.25. The Kier molecular flexibility index (Phi) is 4.32. The number of hydrogen-bond donors (Lipinski definition) is 1. The zero-order valence-electron chi connectivity index (χ0n) is 11.9. The van der Waals surface area contributed by atoms with E-state index in [1.54, 1.807) is 0 Å². The highest BCUT2D eigenvalue weighted by Crippen LogP contribution is 2.06. The van der Waals surface area contributed by atoms with E-state index in [9.17, 15) is 0 Å². The molecule has 19 heavy (non-hydrogen) atoms. The first-order valence-electron chi connectivity index (χ1n) is 6.67. The van der Waals surface area contributed by atoms with Crippen LogP contribution in [0.5, 0.6) is 0 Å². The molecule has 0 atom stereocenters. The second-order valence-electron chi connectivity index (χ2n) is 5.79. The van der Waals surface area contributed by atoms with Gasteiger partial charge in [-0.05, 0) is 44.9 Å². The summed E-state index contributed by atoms with van der Waals surface area (Å²) in [5.41, 5.74) is 2.66. The highest BCUT2D eigenvalue weighted by Gasteiger charge is 2.10. The molecule has 4 nitrogen and oxygen atoms in total. The predicted octanol–water partition coefficient (Wildman–Crippen LogP) is 2.41. The summed E-state index contributed by atoms with van der Waals surface area (Å²) in [7, 11) is 0. The summed E-state index contributed by atoms with van der Waals surface area (Å²) in [5, 5.41) is 3.49. The molecule has 0 spiro atoms. The first kappa shape index (κ1) is 13.7. The van der Waals surface area contributed by atoms with E-state index in [0.29, 0.717) is 0 Å². The van der Waals surface area contributed by atoms with E-state index in [0.717, 1.165) is 19.5 Å². The van der Waals surface area contributed by atoms with E-state index in [-0.39, 0.29) is 5.54 Å². The van der Waals surface area contributed by atoms with Crippen molar-refractivity contribution in [3.63, 3.8) is 0 Å². The van der Waals surface area contributed by atoms with Crippen LogP contribution in [-0.2, 0) is 19.5 Å². The predicted molar refractivity (Wildman–Crippen MR) is 76.8 cm³/mol. The fraction of sp³-hybridized carbons (Fsp3) is 0.467. The second kappa shape index (κ2) is 5.97. The quantitative estimate of drug-likeness (QED) is 0.895. The summed E-state index contributed by atoms with van der Waals surface area (Å²) in [6.07, 6.45) is 8.52. The molecular weight excluding hydrogens is 236 g/mol. The van der Waals surface area contributed by atoms with Gasteiger partial charge in [-0.25, -0.2) is 4.98 Å². The summed E-state index contributed by atoms with van der Waals surface area (Å²) in [5.74, 6) is 0. The highest BCUT2D eigenvalue weighted by atomic mass is 15.1. The Hall–Kier alpha value is -1.68. The van der Waals surface area contributed by atoms with Crippen molar-refractivity contribution in [2.24, 2.45) is 0 Å². The second-order valence-corrected chi connectivity index (χ2v) is 5.79. The van der Waals surface area contributed by atoms with Crippen LogP contribution in [0.15, 0.2) is 37.1 Å². The van der Waals surface area contributed by atoms with Crippen molar-refractivity contribution in [2.45, 2.75) is 45.8 Å². The molecule has 2 aromatic heterocycles. The summed E-state index contributed by atoms with van der Waals surface area (Å²) in [6, 6.07) is 4.12. The van der Waals surface area contributed by atoms with Gasteiger partial charge in [0, 0.05) is 37.2 Å². The molecule has 4 heteroatoms. The number of pyridine rings is 1. The van der Waals surface area contributed by atoms with Crippen LogP contribution < -0.4 is 5.32 Å². The Morgan fingerprint density at radius 2 is 1.89 bits per heavy atom. The van der Waals surface area contributed by atoms with E-state index in [1.807, 2.05) is 24.9 Å². The van der Waals surface area contributed by atoms with Gasteiger partial charge >= 0.3 is 0 Å². The number of aromatic nitrogens is 3. The van der Waals surface area contributed by atoms with Gasteiger partial charge in [-0.2, -0.15) is 0 Å². The minimum absolute atomic E-state index is 0.125. The van der Waals surface area contributed by atoms with Crippen molar-refractivity contribution in [3.05, 3.63) is 48.3 Å². The number of nitrogens with zero attached hydrogens (tertiary/aromatic N) is 3. The molecule has 0 aliphatic heterocycles. The molecule has 2 rings (SSSR count). The number of hydrogen-bond acceptors (Lipinski definition) is 3. The van der Waals surface area contributed by atoms with Gasteiger partial charge < -0.3 is 9.88 Å². The Morgan fingerprint density at radius 3 is 2.58 bits per heavy atom. The van der Waals surface area contributed by atoms with Gasteiger partial charge in [0.2, 0.25) is 0 Å². The maximum Gasteiger partial charge on any atom is 0.0948 e. The van der Waals surface area contributed by atoms with Crippen molar-refractivity contribution in [2.75, 3.05) is 0 Å². The molecule has 102 valence electrons. The number of rotatable bonds is 5. The van der Waals surface area contributed by atoms with Crippen molar-refractivity contribution in [1.82, 2.24) is 19.9 Å². The monoisotopic (exact) mass is 258 g/mol. The van der Waals surface area contributed by atoms with Gasteiger partial charge in [-0.1, -0.05) is 0 Å².